The number of nitro benzene ring substituents is 1. The number of carbonyl (C=O) groups excluding carboxylic acids is 1. The van der Waals surface area contributed by atoms with Crippen LogP contribution in [0.2, 0.25) is 0 Å². The number of rotatable bonds is 6. The van der Waals surface area contributed by atoms with E-state index >= 15 is 0 Å². The second kappa shape index (κ2) is 8.68. The summed E-state index contributed by atoms with van der Waals surface area (Å²) in [6.07, 6.45) is 0. The number of aromatic nitrogens is 2. The Labute approximate surface area is 182 Å². The summed E-state index contributed by atoms with van der Waals surface area (Å²) in [6, 6.07) is 18.0. The van der Waals surface area contributed by atoms with Crippen molar-refractivity contribution in [3.05, 3.63) is 76.8 Å². The summed E-state index contributed by atoms with van der Waals surface area (Å²) in [6.45, 7) is -0.330. The highest BCUT2D eigenvalue weighted by atomic mass is 16.6. The molecule has 3 aromatic carbocycles. The molecular weight excluding hydrogens is 414 g/mol. The second-order valence-electron chi connectivity index (χ2n) is 6.83. The summed E-state index contributed by atoms with van der Waals surface area (Å²) in [5.74, 6) is 0.1000. The number of ether oxygens (including phenoxy) is 2. The second-order valence-corrected chi connectivity index (χ2v) is 6.83. The Kier molecular flexibility index (Phi) is 5.63. The van der Waals surface area contributed by atoms with E-state index in [1.807, 2.05) is 12.1 Å². The number of nitrogens with zero attached hydrogens (tertiary/aromatic N) is 3. The number of benzene rings is 3. The standard InChI is InChI=1S/C23H17N3O6/c1-31-22(28)13-32-21-12-20(14-4-7-18(8-5-14)26(29)30)24-23(25-21)17-3-2-16-11-19(27)9-6-15(16)10-17/h2-12,27H,13H2,1H3. The van der Waals surface area contributed by atoms with Crippen LogP contribution in [0.15, 0.2) is 66.7 Å². The average molecular weight is 431 g/mol. The first-order chi connectivity index (χ1) is 15.4. The number of fused-ring (bicyclic) bond motifs is 1. The molecule has 0 atom stereocenters. The number of carbonyl (C=O) groups is 1. The maximum Gasteiger partial charge on any atom is 0.343 e. The van der Waals surface area contributed by atoms with Crippen molar-refractivity contribution >= 4 is 22.4 Å². The van der Waals surface area contributed by atoms with Crippen LogP contribution in [0.1, 0.15) is 0 Å². The van der Waals surface area contributed by atoms with E-state index in [4.69, 9.17) is 4.74 Å². The molecule has 9 nitrogen and oxygen atoms in total. The SMILES string of the molecule is COC(=O)COc1cc(-c2ccc([N+](=O)[O-])cc2)nc(-c2ccc3cc(O)ccc3c2)n1. The number of hydrogen-bond acceptors (Lipinski definition) is 8. The summed E-state index contributed by atoms with van der Waals surface area (Å²) < 4.78 is 10.1. The van der Waals surface area contributed by atoms with Crippen LogP contribution in [0.3, 0.4) is 0 Å². The minimum Gasteiger partial charge on any atom is -0.508 e. The molecule has 0 aliphatic heterocycles. The Hall–Kier alpha value is -4.53. The van der Waals surface area contributed by atoms with Crippen molar-refractivity contribution in [1.82, 2.24) is 9.97 Å². The Morgan fingerprint density at radius 3 is 2.38 bits per heavy atom. The normalized spacial score (nSPS) is 10.7. The lowest BCUT2D eigenvalue weighted by Gasteiger charge is -2.10. The molecule has 1 N–H and O–H groups in total. The highest BCUT2D eigenvalue weighted by Gasteiger charge is 2.13. The van der Waals surface area contributed by atoms with E-state index in [0.717, 1.165) is 10.8 Å². The molecule has 0 bridgehead atoms. The number of phenolic OH excluding ortho intramolecular Hbond substituents is 1. The van der Waals surface area contributed by atoms with Gasteiger partial charge in [-0.15, -0.1) is 0 Å². The summed E-state index contributed by atoms with van der Waals surface area (Å²) >= 11 is 0. The molecule has 32 heavy (non-hydrogen) atoms. The molecule has 0 radical (unpaired) electrons. The predicted octanol–water partition coefficient (Wildman–Crippen LogP) is 4.13. The Morgan fingerprint density at radius 1 is 0.969 bits per heavy atom. The first kappa shape index (κ1) is 20.7. The third-order valence-electron chi connectivity index (χ3n) is 4.72. The van der Waals surface area contributed by atoms with Gasteiger partial charge in [0.25, 0.3) is 5.69 Å². The van der Waals surface area contributed by atoms with Crippen molar-refractivity contribution in [3.8, 4) is 34.3 Å². The van der Waals surface area contributed by atoms with Crippen LogP contribution in [0.4, 0.5) is 5.69 Å². The highest BCUT2D eigenvalue weighted by molar-refractivity contribution is 5.87. The van der Waals surface area contributed by atoms with Crippen LogP contribution in [0, 0.1) is 10.1 Å². The molecule has 1 aromatic heterocycles. The van der Waals surface area contributed by atoms with Gasteiger partial charge in [-0.25, -0.2) is 9.78 Å². The number of nitro groups is 1. The molecule has 9 heteroatoms. The molecule has 4 aromatic rings. The minimum atomic E-state index is -0.562. The number of aromatic hydroxyl groups is 1. The zero-order valence-corrected chi connectivity index (χ0v) is 16.9. The maximum absolute atomic E-state index is 11.5. The molecule has 1 heterocycles. The zero-order valence-electron chi connectivity index (χ0n) is 16.9. The Bertz CT molecular complexity index is 1320. The van der Waals surface area contributed by atoms with Gasteiger partial charge in [-0.1, -0.05) is 18.2 Å². The van der Waals surface area contributed by atoms with Crippen molar-refractivity contribution in [2.75, 3.05) is 13.7 Å². The summed E-state index contributed by atoms with van der Waals surface area (Å²) in [7, 11) is 1.26. The molecular formula is C23H17N3O6. The maximum atomic E-state index is 11.5. The molecule has 0 aliphatic rings. The smallest absolute Gasteiger partial charge is 0.343 e. The lowest BCUT2D eigenvalue weighted by molar-refractivity contribution is -0.384. The van der Waals surface area contributed by atoms with E-state index in [0.29, 0.717) is 22.6 Å². The van der Waals surface area contributed by atoms with Crippen LogP contribution in [-0.4, -0.2) is 39.7 Å². The fourth-order valence-electron chi connectivity index (χ4n) is 3.09. The molecule has 0 saturated carbocycles. The number of phenols is 1. The van der Waals surface area contributed by atoms with E-state index in [9.17, 15) is 20.0 Å². The zero-order chi connectivity index (χ0) is 22.7. The van der Waals surface area contributed by atoms with Crippen LogP contribution in [-0.2, 0) is 9.53 Å². The van der Waals surface area contributed by atoms with Gasteiger partial charge in [0.1, 0.15) is 5.75 Å². The molecule has 0 aliphatic carbocycles. The fraction of sp³-hybridized carbons (Fsp3) is 0.0870. The van der Waals surface area contributed by atoms with Crippen molar-refractivity contribution in [2.24, 2.45) is 0 Å². The van der Waals surface area contributed by atoms with E-state index in [1.54, 1.807) is 42.5 Å². The van der Waals surface area contributed by atoms with Crippen LogP contribution in [0.25, 0.3) is 33.4 Å². The van der Waals surface area contributed by atoms with Gasteiger partial charge in [-0.05, 0) is 41.1 Å². The number of non-ortho nitro benzene ring substituents is 1. The molecule has 160 valence electrons. The van der Waals surface area contributed by atoms with Crippen LogP contribution >= 0.6 is 0 Å². The summed E-state index contributed by atoms with van der Waals surface area (Å²) in [5, 5.41) is 22.3. The van der Waals surface area contributed by atoms with Gasteiger partial charge >= 0.3 is 5.97 Å². The Morgan fingerprint density at radius 2 is 1.66 bits per heavy atom. The van der Waals surface area contributed by atoms with Crippen molar-refractivity contribution in [2.45, 2.75) is 0 Å². The van der Waals surface area contributed by atoms with Gasteiger partial charge in [-0.2, -0.15) is 4.98 Å². The molecule has 0 spiro atoms. The van der Waals surface area contributed by atoms with Crippen molar-refractivity contribution < 1.29 is 24.3 Å². The lowest BCUT2D eigenvalue weighted by atomic mass is 10.1. The molecule has 0 saturated heterocycles. The van der Waals surface area contributed by atoms with Gasteiger partial charge in [0, 0.05) is 29.3 Å². The summed E-state index contributed by atoms with van der Waals surface area (Å²) in [5.41, 5.74) is 1.74. The van der Waals surface area contributed by atoms with Crippen molar-refractivity contribution in [3.63, 3.8) is 0 Å². The van der Waals surface area contributed by atoms with Crippen LogP contribution < -0.4 is 4.74 Å². The topological polar surface area (TPSA) is 125 Å². The number of methoxy groups -OCH3 is 1. The minimum absolute atomic E-state index is 0.0389. The van der Waals surface area contributed by atoms with E-state index in [2.05, 4.69) is 14.7 Å². The molecule has 0 fully saturated rings. The number of esters is 1. The Balaban J connectivity index is 1.78. The molecule has 4 rings (SSSR count). The fourth-order valence-corrected chi connectivity index (χ4v) is 3.09. The van der Waals surface area contributed by atoms with E-state index in [1.165, 1.54) is 19.2 Å². The highest BCUT2D eigenvalue weighted by Crippen LogP contribution is 2.29. The van der Waals surface area contributed by atoms with Gasteiger partial charge in [0.05, 0.1) is 17.7 Å². The van der Waals surface area contributed by atoms with E-state index in [-0.39, 0.29) is 23.9 Å². The van der Waals surface area contributed by atoms with Gasteiger partial charge in [-0.3, -0.25) is 10.1 Å². The largest absolute Gasteiger partial charge is 0.508 e. The lowest BCUT2D eigenvalue weighted by Crippen LogP contribution is -2.13. The van der Waals surface area contributed by atoms with Gasteiger partial charge < -0.3 is 14.6 Å². The quantitative estimate of drug-likeness (QED) is 0.274. The van der Waals surface area contributed by atoms with Gasteiger partial charge in [0.2, 0.25) is 5.88 Å². The average Bonchev–Trinajstić information content (AvgIpc) is 2.82. The van der Waals surface area contributed by atoms with Crippen molar-refractivity contribution in [1.29, 1.82) is 0 Å². The molecule has 0 amide bonds. The van der Waals surface area contributed by atoms with E-state index < -0.39 is 10.9 Å². The van der Waals surface area contributed by atoms with Crippen LogP contribution in [0.5, 0.6) is 11.6 Å². The summed E-state index contributed by atoms with van der Waals surface area (Å²) in [4.78, 5) is 31.0. The number of hydrogen-bond donors (Lipinski definition) is 1. The monoisotopic (exact) mass is 431 g/mol. The third-order valence-corrected chi connectivity index (χ3v) is 4.72. The first-order valence-electron chi connectivity index (χ1n) is 9.49. The predicted molar refractivity (Wildman–Crippen MR) is 116 cm³/mol. The third kappa shape index (κ3) is 4.46. The first-order valence-corrected chi connectivity index (χ1v) is 9.49. The van der Waals surface area contributed by atoms with Gasteiger partial charge in [0.15, 0.2) is 12.4 Å². The molecule has 0 unspecified atom stereocenters.